The van der Waals surface area contributed by atoms with Crippen molar-refractivity contribution in [3.63, 3.8) is 0 Å². The first-order chi connectivity index (χ1) is 14.5. The summed E-state index contributed by atoms with van der Waals surface area (Å²) < 4.78 is 1.49. The molecule has 0 unspecified atom stereocenters. The highest BCUT2D eigenvalue weighted by Crippen LogP contribution is 2.27. The Morgan fingerprint density at radius 1 is 1.10 bits per heavy atom. The summed E-state index contributed by atoms with van der Waals surface area (Å²) >= 11 is 0. The molecular weight excluding hydrogens is 376 g/mol. The van der Waals surface area contributed by atoms with Gasteiger partial charge in [-0.25, -0.2) is 9.97 Å². The Balaban J connectivity index is 1.83. The number of nitrogens with zero attached hydrogens (tertiary/aromatic N) is 4. The summed E-state index contributed by atoms with van der Waals surface area (Å²) in [4.78, 5) is 22.3. The van der Waals surface area contributed by atoms with Crippen molar-refractivity contribution in [1.82, 2.24) is 20.0 Å². The number of nitrogen functional groups attached to an aromatic ring is 1. The maximum absolute atomic E-state index is 13.0. The molecule has 0 aliphatic heterocycles. The first-order valence-corrected chi connectivity index (χ1v) is 9.99. The van der Waals surface area contributed by atoms with Gasteiger partial charge in [0.1, 0.15) is 16.9 Å². The zero-order valence-electron chi connectivity index (χ0n) is 17.0. The molecule has 4 rings (SSSR count). The van der Waals surface area contributed by atoms with Gasteiger partial charge in [-0.1, -0.05) is 56.3 Å². The topological polar surface area (TPSA) is 98.2 Å². The molecule has 152 valence electrons. The highest BCUT2D eigenvalue weighted by Gasteiger charge is 2.23. The Labute approximate surface area is 174 Å². The fraction of sp³-hybridized carbons (Fsp3) is 0.217. The maximum Gasteiger partial charge on any atom is 0.257 e. The van der Waals surface area contributed by atoms with E-state index in [1.54, 1.807) is 6.21 Å². The average Bonchev–Trinajstić information content (AvgIpc) is 3.01. The van der Waals surface area contributed by atoms with E-state index in [0.29, 0.717) is 40.2 Å². The molecule has 0 saturated carbocycles. The monoisotopic (exact) mass is 400 g/mol. The maximum atomic E-state index is 13.0. The second-order valence-corrected chi connectivity index (χ2v) is 7.55. The number of amides is 1. The summed E-state index contributed by atoms with van der Waals surface area (Å²) in [6.07, 6.45) is 2.57. The predicted octanol–water partition coefficient (Wildman–Crippen LogP) is 3.82. The summed E-state index contributed by atoms with van der Waals surface area (Å²) in [5.41, 5.74) is 9.91. The molecule has 2 aromatic heterocycles. The number of para-hydroxylation sites is 2. The van der Waals surface area contributed by atoms with Crippen LogP contribution in [-0.2, 0) is 0 Å². The van der Waals surface area contributed by atoms with Crippen molar-refractivity contribution in [3.05, 3.63) is 65.7 Å². The lowest BCUT2D eigenvalue weighted by Gasteiger charge is -2.07. The van der Waals surface area contributed by atoms with Crippen molar-refractivity contribution < 1.29 is 4.79 Å². The van der Waals surface area contributed by atoms with Crippen molar-refractivity contribution in [2.45, 2.75) is 20.3 Å². The van der Waals surface area contributed by atoms with Crippen LogP contribution >= 0.6 is 0 Å². The van der Waals surface area contributed by atoms with Crippen molar-refractivity contribution in [2.24, 2.45) is 11.0 Å². The Hall–Kier alpha value is -3.74. The molecule has 0 atom stereocenters. The van der Waals surface area contributed by atoms with E-state index in [0.717, 1.165) is 12.0 Å². The largest absolute Gasteiger partial charge is 0.383 e. The van der Waals surface area contributed by atoms with Gasteiger partial charge in [-0.05, 0) is 30.0 Å². The van der Waals surface area contributed by atoms with Gasteiger partial charge in [0.15, 0.2) is 5.65 Å². The smallest absolute Gasteiger partial charge is 0.257 e. The van der Waals surface area contributed by atoms with Crippen LogP contribution < -0.4 is 11.1 Å². The zero-order valence-corrected chi connectivity index (χ0v) is 17.0. The molecule has 2 aromatic carbocycles. The van der Waals surface area contributed by atoms with E-state index in [9.17, 15) is 4.79 Å². The molecule has 0 spiro atoms. The quantitative estimate of drug-likeness (QED) is 0.481. The van der Waals surface area contributed by atoms with Crippen LogP contribution in [0.1, 0.15) is 36.2 Å². The first-order valence-electron chi connectivity index (χ1n) is 9.99. The standard InChI is InChI=1S/C23H24N6O/c1-15(2)12-13-25-23(30)19-20-22(28-18-11-7-6-10-17(18)27-20)29(21(19)24)26-14-16-8-4-3-5-9-16/h3-11,14-15H,12-13,24H2,1-2H3,(H,25,30)/b26-14-. The van der Waals surface area contributed by atoms with Crippen LogP contribution in [0.4, 0.5) is 5.82 Å². The fourth-order valence-electron chi connectivity index (χ4n) is 3.21. The van der Waals surface area contributed by atoms with Crippen LogP contribution in [0.5, 0.6) is 0 Å². The average molecular weight is 400 g/mol. The number of benzene rings is 2. The van der Waals surface area contributed by atoms with Crippen LogP contribution in [0.25, 0.3) is 22.2 Å². The van der Waals surface area contributed by atoms with Gasteiger partial charge in [-0.2, -0.15) is 9.78 Å². The molecule has 0 aliphatic carbocycles. The number of aromatic nitrogens is 3. The summed E-state index contributed by atoms with van der Waals surface area (Å²) in [5.74, 6) is 0.439. The summed E-state index contributed by atoms with van der Waals surface area (Å²) in [6, 6.07) is 17.2. The molecule has 3 N–H and O–H groups in total. The van der Waals surface area contributed by atoms with E-state index in [2.05, 4.69) is 34.2 Å². The Morgan fingerprint density at radius 2 is 1.77 bits per heavy atom. The van der Waals surface area contributed by atoms with E-state index >= 15 is 0 Å². The Bertz CT molecular complexity index is 1230. The molecule has 0 saturated heterocycles. The van der Waals surface area contributed by atoms with Crippen LogP contribution in [0.2, 0.25) is 0 Å². The summed E-state index contributed by atoms with van der Waals surface area (Å²) in [6.45, 7) is 4.79. The molecule has 0 aliphatic rings. The number of hydrogen-bond acceptors (Lipinski definition) is 5. The molecular formula is C23H24N6O. The number of rotatable bonds is 6. The SMILES string of the molecule is CC(C)CCNC(=O)c1c(N)n(/N=C\c2ccccc2)c2nc3ccccc3nc12. The van der Waals surface area contributed by atoms with E-state index in [-0.39, 0.29) is 11.7 Å². The first kappa shape index (κ1) is 19.6. The van der Waals surface area contributed by atoms with Gasteiger partial charge in [0.25, 0.3) is 5.91 Å². The van der Waals surface area contributed by atoms with Gasteiger partial charge in [-0.15, -0.1) is 0 Å². The molecule has 1 amide bonds. The van der Waals surface area contributed by atoms with Crippen molar-refractivity contribution >= 4 is 40.1 Å². The number of nitrogens with two attached hydrogens (primary N) is 1. The highest BCUT2D eigenvalue weighted by molar-refractivity contribution is 6.10. The summed E-state index contributed by atoms with van der Waals surface area (Å²) in [5, 5.41) is 7.45. The molecule has 30 heavy (non-hydrogen) atoms. The van der Waals surface area contributed by atoms with Gasteiger partial charge in [0, 0.05) is 6.54 Å². The van der Waals surface area contributed by atoms with E-state index in [4.69, 9.17) is 5.73 Å². The molecule has 2 heterocycles. The number of hydrogen-bond donors (Lipinski definition) is 2. The van der Waals surface area contributed by atoms with Gasteiger partial charge in [0.05, 0.1) is 17.2 Å². The number of carbonyl (C=O) groups is 1. The van der Waals surface area contributed by atoms with E-state index in [1.807, 2.05) is 54.6 Å². The number of carbonyl (C=O) groups excluding carboxylic acids is 1. The van der Waals surface area contributed by atoms with Crippen molar-refractivity contribution in [3.8, 4) is 0 Å². The minimum atomic E-state index is -0.267. The molecule has 7 nitrogen and oxygen atoms in total. The molecule has 0 radical (unpaired) electrons. The normalized spacial score (nSPS) is 11.7. The minimum Gasteiger partial charge on any atom is -0.383 e. The number of anilines is 1. The second-order valence-electron chi connectivity index (χ2n) is 7.55. The van der Waals surface area contributed by atoms with E-state index in [1.165, 1.54) is 4.68 Å². The third-order valence-electron chi connectivity index (χ3n) is 4.83. The number of fused-ring (bicyclic) bond motifs is 2. The van der Waals surface area contributed by atoms with Crippen LogP contribution in [0.3, 0.4) is 0 Å². The zero-order chi connectivity index (χ0) is 21.1. The van der Waals surface area contributed by atoms with E-state index < -0.39 is 0 Å². The van der Waals surface area contributed by atoms with Crippen LogP contribution in [0, 0.1) is 5.92 Å². The lowest BCUT2D eigenvalue weighted by molar-refractivity contribution is 0.0954. The van der Waals surface area contributed by atoms with Crippen molar-refractivity contribution in [1.29, 1.82) is 0 Å². The third kappa shape index (κ3) is 3.87. The van der Waals surface area contributed by atoms with Gasteiger partial charge >= 0.3 is 0 Å². The van der Waals surface area contributed by atoms with Crippen molar-refractivity contribution in [2.75, 3.05) is 12.3 Å². The Morgan fingerprint density at radius 3 is 2.47 bits per heavy atom. The van der Waals surface area contributed by atoms with Gasteiger partial charge in [-0.3, -0.25) is 4.79 Å². The second kappa shape index (κ2) is 8.32. The summed E-state index contributed by atoms with van der Waals surface area (Å²) in [7, 11) is 0. The lowest BCUT2D eigenvalue weighted by Crippen LogP contribution is -2.26. The Kier molecular flexibility index (Phi) is 5.43. The number of nitrogens with one attached hydrogen (secondary N) is 1. The van der Waals surface area contributed by atoms with Crippen LogP contribution in [-0.4, -0.2) is 33.3 Å². The van der Waals surface area contributed by atoms with Crippen LogP contribution in [0.15, 0.2) is 59.7 Å². The van der Waals surface area contributed by atoms with Gasteiger partial charge < -0.3 is 11.1 Å². The minimum absolute atomic E-state index is 0.217. The molecule has 0 fully saturated rings. The molecule has 7 heteroatoms. The molecule has 4 aromatic rings. The third-order valence-corrected chi connectivity index (χ3v) is 4.83. The lowest BCUT2D eigenvalue weighted by atomic mass is 10.1. The fourth-order valence-corrected chi connectivity index (χ4v) is 3.21. The van der Waals surface area contributed by atoms with Gasteiger partial charge in [0.2, 0.25) is 0 Å². The highest BCUT2D eigenvalue weighted by atomic mass is 16.1. The molecule has 0 bridgehead atoms. The predicted molar refractivity (Wildman–Crippen MR) is 121 cm³/mol.